The third kappa shape index (κ3) is 2.57. The summed E-state index contributed by atoms with van der Waals surface area (Å²) in [5, 5.41) is 0. The Balaban J connectivity index is 2.08. The number of unbranched alkanes of at least 4 members (excludes halogenated alkanes) is 1. The molecule has 2 heteroatoms. The standard InChI is InChI=1S/C20H20O2/c1-3-5-8-14-11-12-17-16-10-7-6-9-15(16)13-18(17)20(14)22-19(21)4-2/h4,6-7,9-12H,2-3,5,8,13H2,1H3. The van der Waals surface area contributed by atoms with Crippen molar-refractivity contribution in [2.75, 3.05) is 0 Å². The van der Waals surface area contributed by atoms with Crippen molar-refractivity contribution in [3.05, 3.63) is 65.7 Å². The third-order valence-electron chi connectivity index (χ3n) is 4.19. The molecular formula is C20H20O2. The van der Waals surface area contributed by atoms with Crippen LogP contribution < -0.4 is 4.74 Å². The van der Waals surface area contributed by atoms with Gasteiger partial charge in [0, 0.05) is 18.1 Å². The first kappa shape index (κ1) is 14.6. The predicted molar refractivity (Wildman–Crippen MR) is 89.1 cm³/mol. The maximum absolute atomic E-state index is 11.7. The molecule has 1 aliphatic carbocycles. The lowest BCUT2D eigenvalue weighted by Gasteiger charge is -2.14. The lowest BCUT2D eigenvalue weighted by molar-refractivity contribution is -0.129. The Bertz CT molecular complexity index is 728. The van der Waals surface area contributed by atoms with E-state index in [1.54, 1.807) is 0 Å². The molecule has 0 heterocycles. The number of fused-ring (bicyclic) bond motifs is 3. The number of benzene rings is 2. The van der Waals surface area contributed by atoms with Gasteiger partial charge >= 0.3 is 5.97 Å². The van der Waals surface area contributed by atoms with Gasteiger partial charge < -0.3 is 4.74 Å². The van der Waals surface area contributed by atoms with E-state index in [4.69, 9.17) is 4.74 Å². The molecule has 0 fully saturated rings. The van der Waals surface area contributed by atoms with Crippen molar-refractivity contribution in [2.45, 2.75) is 32.6 Å². The van der Waals surface area contributed by atoms with Gasteiger partial charge in [0.25, 0.3) is 0 Å². The molecule has 0 aromatic heterocycles. The SMILES string of the molecule is C=CC(=O)Oc1c(CCCC)ccc2c1Cc1ccccc1-2. The topological polar surface area (TPSA) is 26.3 Å². The fourth-order valence-electron chi connectivity index (χ4n) is 3.07. The fraction of sp³-hybridized carbons (Fsp3) is 0.250. The van der Waals surface area contributed by atoms with Crippen LogP contribution in [0.4, 0.5) is 0 Å². The van der Waals surface area contributed by atoms with Crippen LogP contribution in [0.5, 0.6) is 5.75 Å². The molecule has 0 saturated heterocycles. The number of carbonyl (C=O) groups excluding carboxylic acids is 1. The second kappa shape index (κ2) is 6.18. The second-order valence-corrected chi connectivity index (χ2v) is 5.64. The van der Waals surface area contributed by atoms with Crippen molar-refractivity contribution in [2.24, 2.45) is 0 Å². The van der Waals surface area contributed by atoms with Gasteiger partial charge in [-0.15, -0.1) is 0 Å². The van der Waals surface area contributed by atoms with Gasteiger partial charge in [-0.05, 0) is 35.1 Å². The molecule has 2 aromatic carbocycles. The lowest BCUT2D eigenvalue weighted by atomic mass is 9.99. The van der Waals surface area contributed by atoms with E-state index in [9.17, 15) is 4.79 Å². The highest BCUT2D eigenvalue weighted by atomic mass is 16.5. The van der Waals surface area contributed by atoms with Crippen molar-refractivity contribution >= 4 is 5.97 Å². The van der Waals surface area contributed by atoms with Gasteiger partial charge in [-0.1, -0.05) is 56.3 Å². The van der Waals surface area contributed by atoms with Crippen molar-refractivity contribution in [3.63, 3.8) is 0 Å². The predicted octanol–water partition coefficient (Wildman–Crippen LogP) is 4.69. The summed E-state index contributed by atoms with van der Waals surface area (Å²) in [5.41, 5.74) is 5.97. The van der Waals surface area contributed by atoms with E-state index in [2.05, 4.69) is 43.8 Å². The van der Waals surface area contributed by atoms with Crippen molar-refractivity contribution < 1.29 is 9.53 Å². The van der Waals surface area contributed by atoms with Gasteiger partial charge in [-0.2, -0.15) is 0 Å². The van der Waals surface area contributed by atoms with Crippen molar-refractivity contribution in [1.82, 2.24) is 0 Å². The molecule has 0 bridgehead atoms. The van der Waals surface area contributed by atoms with Gasteiger partial charge in [0.15, 0.2) is 0 Å². The number of hydrogen-bond donors (Lipinski definition) is 0. The summed E-state index contributed by atoms with van der Waals surface area (Å²) in [5.74, 6) is 0.356. The van der Waals surface area contributed by atoms with Crippen LogP contribution in [0.15, 0.2) is 49.1 Å². The highest BCUT2D eigenvalue weighted by Gasteiger charge is 2.24. The fourth-order valence-corrected chi connectivity index (χ4v) is 3.07. The summed E-state index contributed by atoms with van der Waals surface area (Å²) >= 11 is 0. The third-order valence-corrected chi connectivity index (χ3v) is 4.19. The van der Waals surface area contributed by atoms with E-state index in [1.165, 1.54) is 22.8 Å². The molecule has 0 amide bonds. The van der Waals surface area contributed by atoms with E-state index in [1.807, 2.05) is 6.07 Å². The Hall–Kier alpha value is -2.35. The molecule has 3 rings (SSSR count). The first-order chi connectivity index (χ1) is 10.7. The molecule has 0 N–H and O–H groups in total. The molecule has 22 heavy (non-hydrogen) atoms. The van der Waals surface area contributed by atoms with Crippen LogP contribution in [-0.4, -0.2) is 5.97 Å². The van der Waals surface area contributed by atoms with Gasteiger partial charge in [0.2, 0.25) is 0 Å². The first-order valence-electron chi connectivity index (χ1n) is 7.82. The van der Waals surface area contributed by atoms with E-state index in [-0.39, 0.29) is 5.97 Å². The Kier molecular flexibility index (Phi) is 4.10. The van der Waals surface area contributed by atoms with Gasteiger partial charge in [0.05, 0.1) is 0 Å². The normalized spacial score (nSPS) is 11.7. The first-order valence-corrected chi connectivity index (χ1v) is 7.82. The minimum absolute atomic E-state index is 0.387. The zero-order valence-electron chi connectivity index (χ0n) is 12.9. The van der Waals surface area contributed by atoms with E-state index < -0.39 is 0 Å². The molecular weight excluding hydrogens is 272 g/mol. The summed E-state index contributed by atoms with van der Waals surface area (Å²) in [6, 6.07) is 12.6. The summed E-state index contributed by atoms with van der Waals surface area (Å²) < 4.78 is 5.61. The van der Waals surface area contributed by atoms with E-state index >= 15 is 0 Å². The summed E-state index contributed by atoms with van der Waals surface area (Å²) in [6.45, 7) is 5.67. The Morgan fingerprint density at radius 1 is 1.23 bits per heavy atom. The highest BCUT2D eigenvalue weighted by molar-refractivity contribution is 5.86. The smallest absolute Gasteiger partial charge is 0.335 e. The minimum Gasteiger partial charge on any atom is -0.423 e. The molecule has 0 saturated carbocycles. The quantitative estimate of drug-likeness (QED) is 0.387. The molecule has 0 radical (unpaired) electrons. The van der Waals surface area contributed by atoms with Crippen LogP contribution in [0.3, 0.4) is 0 Å². The number of carbonyl (C=O) groups is 1. The maximum atomic E-state index is 11.7. The average Bonchev–Trinajstić information content (AvgIpc) is 2.93. The second-order valence-electron chi connectivity index (χ2n) is 5.64. The number of rotatable bonds is 5. The van der Waals surface area contributed by atoms with E-state index in [0.29, 0.717) is 0 Å². The Morgan fingerprint density at radius 3 is 2.82 bits per heavy atom. The molecule has 0 unspecified atom stereocenters. The zero-order valence-corrected chi connectivity index (χ0v) is 12.9. The molecule has 0 spiro atoms. The molecule has 1 aliphatic rings. The number of esters is 1. The molecule has 2 nitrogen and oxygen atoms in total. The van der Waals surface area contributed by atoms with Crippen LogP contribution in [0, 0.1) is 0 Å². The largest absolute Gasteiger partial charge is 0.423 e. The molecule has 2 aromatic rings. The number of aryl methyl sites for hydroxylation is 1. The Labute approximate surface area is 131 Å². The summed E-state index contributed by atoms with van der Waals surface area (Å²) in [6.07, 6.45) is 5.19. The number of hydrogen-bond acceptors (Lipinski definition) is 2. The Morgan fingerprint density at radius 2 is 2.05 bits per heavy atom. The minimum atomic E-state index is -0.387. The van der Waals surface area contributed by atoms with Crippen LogP contribution in [-0.2, 0) is 17.6 Å². The summed E-state index contributed by atoms with van der Waals surface area (Å²) in [7, 11) is 0. The van der Waals surface area contributed by atoms with Gasteiger partial charge in [0.1, 0.15) is 5.75 Å². The molecule has 0 atom stereocenters. The zero-order chi connectivity index (χ0) is 15.5. The lowest BCUT2D eigenvalue weighted by Crippen LogP contribution is -2.08. The monoisotopic (exact) mass is 292 g/mol. The van der Waals surface area contributed by atoms with Crippen molar-refractivity contribution in [1.29, 1.82) is 0 Å². The van der Waals surface area contributed by atoms with Crippen LogP contribution >= 0.6 is 0 Å². The highest BCUT2D eigenvalue weighted by Crippen LogP contribution is 2.43. The van der Waals surface area contributed by atoms with Crippen LogP contribution in [0.1, 0.15) is 36.5 Å². The van der Waals surface area contributed by atoms with E-state index in [0.717, 1.165) is 42.6 Å². The van der Waals surface area contributed by atoms with Crippen LogP contribution in [0.25, 0.3) is 11.1 Å². The molecule has 0 aliphatic heterocycles. The molecule has 112 valence electrons. The average molecular weight is 292 g/mol. The van der Waals surface area contributed by atoms with Gasteiger partial charge in [-0.3, -0.25) is 0 Å². The van der Waals surface area contributed by atoms with Crippen molar-refractivity contribution in [3.8, 4) is 16.9 Å². The maximum Gasteiger partial charge on any atom is 0.335 e. The van der Waals surface area contributed by atoms with Crippen LogP contribution in [0.2, 0.25) is 0 Å². The van der Waals surface area contributed by atoms with Gasteiger partial charge in [-0.25, -0.2) is 4.79 Å². The summed E-state index contributed by atoms with van der Waals surface area (Å²) in [4.78, 5) is 11.7. The number of ether oxygens (including phenoxy) is 1.